The summed E-state index contributed by atoms with van der Waals surface area (Å²) in [5.74, 6) is -0.399. The molecule has 0 aliphatic heterocycles. The molecule has 1 heterocycles. The zero-order valence-corrected chi connectivity index (χ0v) is 13.6. The predicted octanol–water partition coefficient (Wildman–Crippen LogP) is 1.45. The molecule has 1 aromatic carbocycles. The van der Waals surface area contributed by atoms with Crippen LogP contribution in [-0.4, -0.2) is 23.2 Å². The molecule has 0 saturated heterocycles. The normalized spacial score (nSPS) is 12.3. The van der Waals surface area contributed by atoms with Crippen molar-refractivity contribution in [1.29, 1.82) is 0 Å². The first kappa shape index (κ1) is 17.1. The van der Waals surface area contributed by atoms with Crippen LogP contribution in [-0.2, 0) is 13.6 Å². The van der Waals surface area contributed by atoms with E-state index in [0.29, 0.717) is 24.2 Å². The summed E-state index contributed by atoms with van der Waals surface area (Å²) >= 11 is 0. The molecule has 0 aliphatic rings. The van der Waals surface area contributed by atoms with E-state index in [1.165, 1.54) is 4.57 Å². The van der Waals surface area contributed by atoms with Crippen molar-refractivity contribution in [2.45, 2.75) is 38.8 Å². The number of nitrogens with one attached hydrogen (secondary N) is 2. The Morgan fingerprint density at radius 1 is 1.43 bits per heavy atom. The van der Waals surface area contributed by atoms with Crippen LogP contribution >= 0.6 is 0 Å². The maximum atomic E-state index is 11.9. The van der Waals surface area contributed by atoms with E-state index in [4.69, 9.17) is 10.2 Å². The number of unbranched alkanes of at least 4 members (excludes halogenated alkanes) is 1. The van der Waals surface area contributed by atoms with Crippen molar-refractivity contribution in [2.24, 2.45) is 12.8 Å². The maximum Gasteiger partial charge on any atom is 0.419 e. The fourth-order valence-electron chi connectivity index (χ4n) is 2.40. The number of aryl methyl sites for hydroxylation is 1. The molecule has 2 amide bonds. The van der Waals surface area contributed by atoms with Crippen LogP contribution in [0.3, 0.4) is 0 Å². The molecule has 7 nitrogen and oxygen atoms in total. The molecule has 4 N–H and O–H groups in total. The van der Waals surface area contributed by atoms with Gasteiger partial charge in [-0.1, -0.05) is 25.8 Å². The van der Waals surface area contributed by atoms with E-state index in [9.17, 15) is 9.59 Å². The quantitative estimate of drug-likeness (QED) is 0.718. The molecule has 2 rings (SSSR count). The number of carbonyl (C=O) groups excluding carboxylic acids is 1. The molecule has 0 bridgehead atoms. The van der Waals surface area contributed by atoms with E-state index < -0.39 is 5.76 Å². The fourth-order valence-corrected chi connectivity index (χ4v) is 2.40. The standard InChI is InChI=1S/C16H24N4O3/c1-3-4-5-12(9-17)19-15(21)18-10-11-6-7-14-13(8-11)20(2)16(22)23-14/h6-8,12H,3-5,9-10,17H2,1-2H3,(H2,18,19,21). The number of urea groups is 1. The zero-order chi connectivity index (χ0) is 16.8. The summed E-state index contributed by atoms with van der Waals surface area (Å²) in [6.07, 6.45) is 2.99. The average molecular weight is 320 g/mol. The van der Waals surface area contributed by atoms with Gasteiger partial charge in [0.25, 0.3) is 0 Å². The van der Waals surface area contributed by atoms with Crippen LogP contribution in [0.25, 0.3) is 11.1 Å². The third-order valence-electron chi connectivity index (χ3n) is 3.83. The number of benzene rings is 1. The zero-order valence-electron chi connectivity index (χ0n) is 13.6. The lowest BCUT2D eigenvalue weighted by atomic mass is 10.1. The van der Waals surface area contributed by atoms with E-state index in [2.05, 4.69) is 17.6 Å². The van der Waals surface area contributed by atoms with E-state index >= 15 is 0 Å². The van der Waals surface area contributed by atoms with Crippen LogP contribution in [0.1, 0.15) is 31.7 Å². The van der Waals surface area contributed by atoms with Gasteiger partial charge in [-0.2, -0.15) is 0 Å². The molecule has 0 fully saturated rings. The highest BCUT2D eigenvalue weighted by Crippen LogP contribution is 2.14. The van der Waals surface area contributed by atoms with Crippen molar-refractivity contribution in [2.75, 3.05) is 6.54 Å². The van der Waals surface area contributed by atoms with Crippen molar-refractivity contribution in [3.8, 4) is 0 Å². The molecule has 0 saturated carbocycles. The van der Waals surface area contributed by atoms with Gasteiger partial charge in [0.1, 0.15) is 0 Å². The molecular formula is C16H24N4O3. The van der Waals surface area contributed by atoms with Crippen molar-refractivity contribution in [3.63, 3.8) is 0 Å². The number of amides is 2. The monoisotopic (exact) mass is 320 g/mol. The summed E-state index contributed by atoms with van der Waals surface area (Å²) in [7, 11) is 1.65. The Hall–Kier alpha value is -2.28. The number of rotatable bonds is 7. The Bertz CT molecular complexity index is 720. The molecule has 0 aliphatic carbocycles. The van der Waals surface area contributed by atoms with E-state index in [1.54, 1.807) is 13.1 Å². The van der Waals surface area contributed by atoms with Gasteiger partial charge in [0.05, 0.1) is 5.52 Å². The smallest absolute Gasteiger partial charge is 0.408 e. The minimum Gasteiger partial charge on any atom is -0.408 e. The summed E-state index contributed by atoms with van der Waals surface area (Å²) in [6.45, 7) is 2.90. The van der Waals surface area contributed by atoms with Crippen LogP contribution < -0.4 is 22.1 Å². The second kappa shape index (κ2) is 7.82. The number of carbonyl (C=O) groups is 1. The summed E-state index contributed by atoms with van der Waals surface area (Å²) in [5.41, 5.74) is 7.80. The molecule has 1 unspecified atom stereocenters. The van der Waals surface area contributed by atoms with E-state index in [0.717, 1.165) is 24.8 Å². The number of oxazole rings is 1. The lowest BCUT2D eigenvalue weighted by Crippen LogP contribution is -2.45. The number of hydrogen-bond donors (Lipinski definition) is 3. The molecule has 1 aromatic heterocycles. The number of nitrogens with two attached hydrogens (primary N) is 1. The van der Waals surface area contributed by atoms with Gasteiger partial charge >= 0.3 is 11.8 Å². The van der Waals surface area contributed by atoms with Crippen LogP contribution in [0.5, 0.6) is 0 Å². The predicted molar refractivity (Wildman–Crippen MR) is 89.2 cm³/mol. The van der Waals surface area contributed by atoms with Gasteiger partial charge in [0.2, 0.25) is 0 Å². The molecule has 0 spiro atoms. The molecule has 126 valence electrons. The van der Waals surface area contributed by atoms with Gasteiger partial charge in [0.15, 0.2) is 5.58 Å². The molecule has 7 heteroatoms. The first-order valence-electron chi connectivity index (χ1n) is 7.88. The second-order valence-corrected chi connectivity index (χ2v) is 5.63. The topological polar surface area (TPSA) is 102 Å². The Morgan fingerprint density at radius 3 is 2.91 bits per heavy atom. The minimum atomic E-state index is -0.399. The summed E-state index contributed by atoms with van der Waals surface area (Å²) in [6, 6.07) is 5.14. The number of hydrogen-bond acceptors (Lipinski definition) is 4. The average Bonchev–Trinajstić information content (AvgIpc) is 2.84. The van der Waals surface area contributed by atoms with Crippen molar-refractivity contribution >= 4 is 17.1 Å². The summed E-state index contributed by atoms with van der Waals surface area (Å²) in [5, 5.41) is 5.68. The molecule has 0 radical (unpaired) electrons. The van der Waals surface area contributed by atoms with Gasteiger partial charge < -0.3 is 20.8 Å². The van der Waals surface area contributed by atoms with Crippen molar-refractivity contribution in [1.82, 2.24) is 15.2 Å². The highest BCUT2D eigenvalue weighted by atomic mass is 16.4. The molecule has 1 atom stereocenters. The SMILES string of the molecule is CCCCC(CN)NC(=O)NCc1ccc2oc(=O)n(C)c2c1. The van der Waals surface area contributed by atoms with E-state index in [1.807, 2.05) is 12.1 Å². The highest BCUT2D eigenvalue weighted by Gasteiger charge is 2.10. The van der Waals surface area contributed by atoms with Crippen LogP contribution in [0.15, 0.2) is 27.4 Å². The van der Waals surface area contributed by atoms with Crippen molar-refractivity contribution < 1.29 is 9.21 Å². The lowest BCUT2D eigenvalue weighted by molar-refractivity contribution is 0.236. The van der Waals surface area contributed by atoms with Crippen LogP contribution in [0.4, 0.5) is 4.79 Å². The number of fused-ring (bicyclic) bond motifs is 1. The van der Waals surface area contributed by atoms with Crippen LogP contribution in [0.2, 0.25) is 0 Å². The highest BCUT2D eigenvalue weighted by molar-refractivity contribution is 5.75. The Kier molecular flexibility index (Phi) is 5.81. The second-order valence-electron chi connectivity index (χ2n) is 5.63. The first-order chi connectivity index (χ1) is 11.0. The van der Waals surface area contributed by atoms with Gasteiger partial charge in [-0.3, -0.25) is 4.57 Å². The third kappa shape index (κ3) is 4.35. The van der Waals surface area contributed by atoms with E-state index in [-0.39, 0.29) is 12.1 Å². The molecular weight excluding hydrogens is 296 g/mol. The Morgan fingerprint density at radius 2 is 2.22 bits per heavy atom. The number of nitrogens with zero attached hydrogens (tertiary/aromatic N) is 1. The Labute approximate surface area is 134 Å². The largest absolute Gasteiger partial charge is 0.419 e. The summed E-state index contributed by atoms with van der Waals surface area (Å²) < 4.78 is 6.52. The lowest BCUT2D eigenvalue weighted by Gasteiger charge is -2.17. The molecule has 23 heavy (non-hydrogen) atoms. The van der Waals surface area contributed by atoms with Gasteiger partial charge in [-0.05, 0) is 24.1 Å². The Balaban J connectivity index is 1.93. The summed E-state index contributed by atoms with van der Waals surface area (Å²) in [4.78, 5) is 23.4. The number of aromatic nitrogens is 1. The van der Waals surface area contributed by atoms with Crippen LogP contribution in [0, 0.1) is 0 Å². The van der Waals surface area contributed by atoms with Gasteiger partial charge in [0, 0.05) is 26.2 Å². The molecule has 2 aromatic rings. The maximum absolute atomic E-state index is 11.9. The minimum absolute atomic E-state index is 0.00729. The van der Waals surface area contributed by atoms with Gasteiger partial charge in [-0.15, -0.1) is 0 Å². The van der Waals surface area contributed by atoms with Crippen molar-refractivity contribution in [3.05, 3.63) is 34.3 Å². The third-order valence-corrected chi connectivity index (χ3v) is 3.83. The fraction of sp³-hybridized carbons (Fsp3) is 0.500. The van der Waals surface area contributed by atoms with Gasteiger partial charge in [-0.25, -0.2) is 9.59 Å². The first-order valence-corrected chi connectivity index (χ1v) is 7.88.